The van der Waals surface area contributed by atoms with E-state index in [9.17, 15) is 0 Å². The van der Waals surface area contributed by atoms with Crippen LogP contribution in [0.4, 0.5) is 5.69 Å². The van der Waals surface area contributed by atoms with Crippen LogP contribution in [0.2, 0.25) is 0 Å². The molecule has 0 unspecified atom stereocenters. The molecular formula is C25H27N2S2+. The topological polar surface area (TPSA) is 15.9 Å². The maximum Gasteiger partial charge on any atom is 0.262 e. The standard InChI is InChI=1S/C25H26N2S2/c1-3-11-19-12-10-15-22-25(19)27(18-4-2)24(29-22)17-7-5-6-16-23-26-20-13-8-9-14-21(20)28-23/h5-10,12-17H,3-4,11,18H2,1-2H3/p+1. The van der Waals surface area contributed by atoms with Crippen molar-refractivity contribution in [1.82, 2.24) is 0 Å². The molecule has 1 aliphatic rings. The van der Waals surface area contributed by atoms with Gasteiger partial charge in [-0.25, -0.2) is 0 Å². The average Bonchev–Trinajstić information content (AvgIpc) is 3.30. The molecule has 29 heavy (non-hydrogen) atoms. The van der Waals surface area contributed by atoms with Gasteiger partial charge < -0.3 is 5.32 Å². The van der Waals surface area contributed by atoms with Crippen molar-refractivity contribution in [3.8, 4) is 0 Å². The summed E-state index contributed by atoms with van der Waals surface area (Å²) in [4.78, 5) is 1.29. The number of aromatic nitrogens is 1. The van der Waals surface area contributed by atoms with E-state index < -0.39 is 0 Å². The summed E-state index contributed by atoms with van der Waals surface area (Å²) in [5, 5.41) is 5.94. The number of allylic oxidation sites excluding steroid dienone is 4. The van der Waals surface area contributed by atoms with Crippen molar-refractivity contribution in [2.75, 3.05) is 5.32 Å². The maximum atomic E-state index is 3.45. The molecule has 0 radical (unpaired) electrons. The molecular weight excluding hydrogens is 392 g/mol. The summed E-state index contributed by atoms with van der Waals surface area (Å²) in [7, 11) is 0. The van der Waals surface area contributed by atoms with E-state index in [0.29, 0.717) is 0 Å². The van der Waals surface area contributed by atoms with Gasteiger partial charge in [0.15, 0.2) is 0 Å². The Balaban J connectivity index is 1.52. The molecule has 2 nitrogen and oxygen atoms in total. The Kier molecular flexibility index (Phi) is 6.53. The van der Waals surface area contributed by atoms with Crippen LogP contribution in [0.1, 0.15) is 37.3 Å². The molecule has 2 aromatic carbocycles. The van der Waals surface area contributed by atoms with Gasteiger partial charge in [0.2, 0.25) is 5.52 Å². The molecule has 2 heterocycles. The third-order valence-electron chi connectivity index (χ3n) is 4.87. The first kappa shape index (κ1) is 20.0. The Morgan fingerprint density at radius 2 is 1.86 bits per heavy atom. The molecule has 4 rings (SSSR count). The van der Waals surface area contributed by atoms with Crippen molar-refractivity contribution in [1.29, 1.82) is 0 Å². The fourth-order valence-electron chi connectivity index (χ4n) is 3.63. The Hall–Kier alpha value is -2.30. The van der Waals surface area contributed by atoms with E-state index in [1.165, 1.54) is 42.8 Å². The number of benzene rings is 2. The predicted octanol–water partition coefficient (Wildman–Crippen LogP) is 7.18. The molecule has 0 saturated carbocycles. The number of hydrogen-bond donors (Lipinski definition) is 1. The molecule has 0 saturated heterocycles. The minimum absolute atomic E-state index is 1.06. The van der Waals surface area contributed by atoms with Crippen LogP contribution >= 0.6 is 23.1 Å². The summed E-state index contributed by atoms with van der Waals surface area (Å²) in [6.07, 6.45) is 14.2. The van der Waals surface area contributed by atoms with E-state index in [2.05, 4.69) is 96.6 Å². The molecule has 0 fully saturated rings. The molecule has 0 amide bonds. The highest BCUT2D eigenvalue weighted by Crippen LogP contribution is 2.40. The van der Waals surface area contributed by atoms with E-state index in [4.69, 9.17) is 0 Å². The van der Waals surface area contributed by atoms with E-state index >= 15 is 0 Å². The summed E-state index contributed by atoms with van der Waals surface area (Å²) in [5.74, 6) is 0. The Bertz CT molecular complexity index is 1060. The van der Waals surface area contributed by atoms with Gasteiger partial charge in [-0.1, -0.05) is 85.9 Å². The molecule has 0 spiro atoms. The van der Waals surface area contributed by atoms with Crippen molar-refractivity contribution >= 4 is 45.1 Å². The minimum Gasteiger partial charge on any atom is -0.349 e. The van der Waals surface area contributed by atoms with Crippen molar-refractivity contribution in [2.24, 2.45) is 0 Å². The predicted molar refractivity (Wildman–Crippen MR) is 128 cm³/mol. The number of nitrogens with one attached hydrogen (secondary N) is 1. The van der Waals surface area contributed by atoms with Gasteiger partial charge >= 0.3 is 0 Å². The highest BCUT2D eigenvalue weighted by molar-refractivity contribution is 8.03. The van der Waals surface area contributed by atoms with Crippen molar-refractivity contribution in [2.45, 2.75) is 44.6 Å². The van der Waals surface area contributed by atoms with Gasteiger partial charge in [0.1, 0.15) is 11.2 Å². The molecule has 4 heteroatoms. The lowest BCUT2D eigenvalue weighted by molar-refractivity contribution is -0.669. The van der Waals surface area contributed by atoms with Gasteiger partial charge in [0.25, 0.3) is 5.01 Å². The molecule has 1 N–H and O–H groups in total. The molecule has 0 atom stereocenters. The SMILES string of the molecule is CCCc1cccc2sc(C=CC=CC=C3Nc4ccccc4S3)[n+](CCC)c12. The van der Waals surface area contributed by atoms with Crippen LogP contribution in [0.15, 0.2) is 76.7 Å². The number of nitrogens with zero attached hydrogens (tertiary/aromatic N) is 1. The first-order chi connectivity index (χ1) is 14.3. The van der Waals surface area contributed by atoms with Crippen molar-refractivity contribution < 1.29 is 4.57 Å². The van der Waals surface area contributed by atoms with E-state index in [1.807, 2.05) is 11.3 Å². The zero-order chi connectivity index (χ0) is 20.1. The van der Waals surface area contributed by atoms with Gasteiger partial charge in [-0.3, -0.25) is 0 Å². The highest BCUT2D eigenvalue weighted by Gasteiger charge is 2.20. The number of para-hydroxylation sites is 2. The lowest BCUT2D eigenvalue weighted by Gasteiger charge is -2.00. The normalized spacial score (nSPS) is 15.0. The van der Waals surface area contributed by atoms with Crippen LogP contribution in [0.25, 0.3) is 16.3 Å². The number of thioether (sulfide) groups is 1. The highest BCUT2D eigenvalue weighted by atomic mass is 32.2. The quantitative estimate of drug-likeness (QED) is 0.322. The molecule has 1 aliphatic heterocycles. The summed E-state index contributed by atoms with van der Waals surface area (Å²) < 4.78 is 3.89. The second kappa shape index (κ2) is 9.47. The summed E-state index contributed by atoms with van der Waals surface area (Å²) >= 11 is 3.67. The summed E-state index contributed by atoms with van der Waals surface area (Å²) in [5.41, 5.74) is 4.09. The van der Waals surface area contributed by atoms with Crippen LogP contribution in [0.3, 0.4) is 0 Å². The van der Waals surface area contributed by atoms with Gasteiger partial charge in [-0.05, 0) is 30.7 Å². The van der Waals surface area contributed by atoms with E-state index in [0.717, 1.165) is 19.4 Å². The number of aryl methyl sites for hydroxylation is 2. The van der Waals surface area contributed by atoms with Crippen LogP contribution in [-0.2, 0) is 13.0 Å². The smallest absolute Gasteiger partial charge is 0.262 e. The second-order valence-corrected chi connectivity index (χ2v) is 9.25. The summed E-state index contributed by atoms with van der Waals surface area (Å²) in [6.45, 7) is 5.57. The van der Waals surface area contributed by atoms with Gasteiger partial charge in [-0.2, -0.15) is 4.57 Å². The molecule has 0 bridgehead atoms. The van der Waals surface area contributed by atoms with E-state index in [-0.39, 0.29) is 0 Å². The first-order valence-electron chi connectivity index (χ1n) is 10.3. The summed E-state index contributed by atoms with van der Waals surface area (Å²) in [6, 6.07) is 15.2. The Labute approximate surface area is 181 Å². The Morgan fingerprint density at radius 3 is 2.69 bits per heavy atom. The second-order valence-electron chi connectivity index (χ2n) is 7.10. The fraction of sp³-hybridized carbons (Fsp3) is 0.240. The zero-order valence-corrected chi connectivity index (χ0v) is 18.7. The number of hydrogen-bond acceptors (Lipinski definition) is 3. The van der Waals surface area contributed by atoms with Crippen molar-refractivity contribution in [3.05, 3.63) is 82.4 Å². The zero-order valence-electron chi connectivity index (χ0n) is 17.0. The molecule has 0 aliphatic carbocycles. The fourth-order valence-corrected chi connectivity index (χ4v) is 5.70. The third-order valence-corrected chi connectivity index (χ3v) is 7.02. The van der Waals surface area contributed by atoms with E-state index in [1.54, 1.807) is 11.8 Å². The van der Waals surface area contributed by atoms with Gasteiger partial charge in [0.05, 0.1) is 10.7 Å². The number of thiazole rings is 1. The largest absolute Gasteiger partial charge is 0.349 e. The lowest BCUT2D eigenvalue weighted by atomic mass is 10.1. The van der Waals surface area contributed by atoms with Gasteiger partial charge in [-0.15, -0.1) is 0 Å². The molecule has 3 aromatic rings. The minimum atomic E-state index is 1.06. The number of rotatable bonds is 7. The van der Waals surface area contributed by atoms with Crippen LogP contribution in [-0.4, -0.2) is 0 Å². The monoisotopic (exact) mass is 419 g/mol. The van der Waals surface area contributed by atoms with Crippen molar-refractivity contribution in [3.63, 3.8) is 0 Å². The molecule has 148 valence electrons. The van der Waals surface area contributed by atoms with Crippen LogP contribution in [0.5, 0.6) is 0 Å². The van der Waals surface area contributed by atoms with Crippen LogP contribution in [0, 0.1) is 0 Å². The molecule has 1 aromatic heterocycles. The number of fused-ring (bicyclic) bond motifs is 2. The number of anilines is 1. The maximum absolute atomic E-state index is 3.45. The average molecular weight is 420 g/mol. The third kappa shape index (κ3) is 4.49. The van der Waals surface area contributed by atoms with Gasteiger partial charge in [0, 0.05) is 23.0 Å². The Morgan fingerprint density at radius 1 is 0.966 bits per heavy atom. The first-order valence-corrected chi connectivity index (χ1v) is 12.0. The lowest BCUT2D eigenvalue weighted by Crippen LogP contribution is -2.35. The van der Waals surface area contributed by atoms with Crippen LogP contribution < -0.4 is 9.88 Å².